The Morgan fingerprint density at radius 2 is 1.92 bits per heavy atom. The van der Waals surface area contributed by atoms with Crippen molar-refractivity contribution in [3.63, 3.8) is 0 Å². The predicted octanol–water partition coefficient (Wildman–Crippen LogP) is 2.69. The number of nitrogens with one attached hydrogen (secondary N) is 1. The van der Waals surface area contributed by atoms with E-state index in [4.69, 9.17) is 0 Å². The number of nitrogens with zero attached hydrogens (tertiary/aromatic N) is 2. The van der Waals surface area contributed by atoms with Crippen molar-refractivity contribution in [2.75, 3.05) is 6.54 Å². The van der Waals surface area contributed by atoms with E-state index in [2.05, 4.69) is 10.4 Å². The number of amides is 1. The molecule has 5 nitrogen and oxygen atoms in total. The maximum Gasteiger partial charge on any atom is 0.224 e. The number of aryl methyl sites for hydroxylation is 1. The number of aliphatic hydroxyl groups is 1. The van der Waals surface area contributed by atoms with Gasteiger partial charge >= 0.3 is 0 Å². The molecular weight excluding hydrogens is 321 g/mol. The zero-order valence-corrected chi connectivity index (χ0v) is 15.2. The third-order valence-electron chi connectivity index (χ3n) is 4.38. The summed E-state index contributed by atoms with van der Waals surface area (Å²) < 4.78 is 14.8. The summed E-state index contributed by atoms with van der Waals surface area (Å²) in [6, 6.07) is 6.09. The maximum absolute atomic E-state index is 13.1. The van der Waals surface area contributed by atoms with Crippen LogP contribution in [-0.4, -0.2) is 33.4 Å². The van der Waals surface area contributed by atoms with Gasteiger partial charge in [-0.05, 0) is 50.5 Å². The topological polar surface area (TPSA) is 67.2 Å². The number of aliphatic hydroxyl groups excluding tert-OH is 1. The summed E-state index contributed by atoms with van der Waals surface area (Å²) in [5.74, 6) is -0.218. The van der Waals surface area contributed by atoms with Crippen molar-refractivity contribution in [3.8, 4) is 5.69 Å². The van der Waals surface area contributed by atoms with Crippen molar-refractivity contribution in [2.45, 2.75) is 46.6 Å². The quantitative estimate of drug-likeness (QED) is 0.809. The summed E-state index contributed by atoms with van der Waals surface area (Å²) in [4.78, 5) is 12.2. The van der Waals surface area contributed by atoms with Gasteiger partial charge in [-0.3, -0.25) is 4.79 Å². The largest absolute Gasteiger partial charge is 0.393 e. The van der Waals surface area contributed by atoms with Gasteiger partial charge in [-0.1, -0.05) is 13.8 Å². The Morgan fingerprint density at radius 1 is 1.28 bits per heavy atom. The average molecular weight is 347 g/mol. The second-order valence-electron chi connectivity index (χ2n) is 6.66. The molecular formula is C19H26FN3O2. The number of halogens is 1. The van der Waals surface area contributed by atoms with Crippen LogP contribution in [0, 0.1) is 25.6 Å². The van der Waals surface area contributed by atoms with Gasteiger partial charge in [0.05, 0.1) is 23.9 Å². The second-order valence-corrected chi connectivity index (χ2v) is 6.66. The lowest BCUT2D eigenvalue weighted by atomic mass is 10.0. The van der Waals surface area contributed by atoms with Crippen LogP contribution in [0.25, 0.3) is 5.69 Å². The first kappa shape index (κ1) is 19.1. The molecule has 2 rings (SSSR count). The Kier molecular flexibility index (Phi) is 6.31. The second kappa shape index (κ2) is 8.25. The van der Waals surface area contributed by atoms with Gasteiger partial charge in [0.1, 0.15) is 5.82 Å². The third kappa shape index (κ3) is 4.89. The average Bonchev–Trinajstić information content (AvgIpc) is 2.83. The van der Waals surface area contributed by atoms with Crippen molar-refractivity contribution in [3.05, 3.63) is 47.0 Å². The van der Waals surface area contributed by atoms with Crippen LogP contribution in [0.2, 0.25) is 0 Å². The van der Waals surface area contributed by atoms with Crippen LogP contribution < -0.4 is 5.32 Å². The van der Waals surface area contributed by atoms with Crippen molar-refractivity contribution < 1.29 is 14.3 Å². The summed E-state index contributed by atoms with van der Waals surface area (Å²) in [6.07, 6.45) is 0.359. The van der Waals surface area contributed by atoms with Gasteiger partial charge in [-0.25, -0.2) is 9.07 Å². The lowest BCUT2D eigenvalue weighted by Gasteiger charge is -2.14. The zero-order valence-electron chi connectivity index (χ0n) is 15.2. The molecule has 0 radical (unpaired) electrons. The molecule has 0 aliphatic rings. The highest BCUT2D eigenvalue weighted by Gasteiger charge is 2.16. The molecule has 1 unspecified atom stereocenters. The van der Waals surface area contributed by atoms with E-state index in [0.717, 1.165) is 22.6 Å². The molecule has 0 aliphatic heterocycles. The van der Waals surface area contributed by atoms with Gasteiger partial charge in [0.25, 0.3) is 0 Å². The summed E-state index contributed by atoms with van der Waals surface area (Å²) in [6.45, 7) is 8.10. The SMILES string of the molecule is Cc1nn(-c2ccc(F)cc2)c(C)c1CC(=O)NCCC(O)C(C)C. The van der Waals surface area contributed by atoms with Crippen LogP contribution in [0.5, 0.6) is 0 Å². The number of carbonyl (C=O) groups is 1. The molecule has 2 aromatic rings. The van der Waals surface area contributed by atoms with Crippen molar-refractivity contribution in [1.82, 2.24) is 15.1 Å². The Bertz CT molecular complexity index is 723. The lowest BCUT2D eigenvalue weighted by Crippen LogP contribution is -2.30. The van der Waals surface area contributed by atoms with Crippen LogP contribution in [0.15, 0.2) is 24.3 Å². The fourth-order valence-electron chi connectivity index (χ4n) is 2.68. The normalized spacial score (nSPS) is 12.4. The highest BCUT2D eigenvalue weighted by atomic mass is 19.1. The minimum atomic E-state index is -0.412. The van der Waals surface area contributed by atoms with Gasteiger partial charge in [0, 0.05) is 17.8 Å². The van der Waals surface area contributed by atoms with Gasteiger partial charge < -0.3 is 10.4 Å². The number of hydrogen-bond acceptors (Lipinski definition) is 3. The van der Waals surface area contributed by atoms with E-state index in [1.807, 2.05) is 27.7 Å². The Morgan fingerprint density at radius 3 is 2.52 bits per heavy atom. The zero-order chi connectivity index (χ0) is 18.6. The van der Waals surface area contributed by atoms with Crippen LogP contribution in [-0.2, 0) is 11.2 Å². The van der Waals surface area contributed by atoms with Gasteiger partial charge in [-0.15, -0.1) is 0 Å². The highest BCUT2D eigenvalue weighted by Crippen LogP contribution is 2.18. The molecule has 0 saturated heterocycles. The first-order chi connectivity index (χ1) is 11.8. The first-order valence-electron chi connectivity index (χ1n) is 8.55. The van der Waals surface area contributed by atoms with E-state index in [0.29, 0.717) is 13.0 Å². The van der Waals surface area contributed by atoms with Gasteiger partial charge in [-0.2, -0.15) is 5.10 Å². The van der Waals surface area contributed by atoms with Crippen molar-refractivity contribution in [2.24, 2.45) is 5.92 Å². The predicted molar refractivity (Wildman–Crippen MR) is 95.2 cm³/mol. The van der Waals surface area contributed by atoms with Crippen molar-refractivity contribution in [1.29, 1.82) is 0 Å². The fraction of sp³-hybridized carbons (Fsp3) is 0.474. The van der Waals surface area contributed by atoms with E-state index in [9.17, 15) is 14.3 Å². The van der Waals surface area contributed by atoms with Crippen LogP contribution >= 0.6 is 0 Å². The maximum atomic E-state index is 13.1. The molecule has 0 bridgehead atoms. The molecule has 2 N–H and O–H groups in total. The monoisotopic (exact) mass is 347 g/mol. The smallest absolute Gasteiger partial charge is 0.224 e. The number of rotatable bonds is 7. The number of aromatic nitrogens is 2. The molecule has 1 aromatic heterocycles. The van der Waals surface area contributed by atoms with E-state index in [-0.39, 0.29) is 24.1 Å². The Labute approximate surface area is 147 Å². The summed E-state index contributed by atoms with van der Waals surface area (Å²) in [5, 5.41) is 17.1. The Hall–Kier alpha value is -2.21. The third-order valence-corrected chi connectivity index (χ3v) is 4.38. The van der Waals surface area contributed by atoms with E-state index >= 15 is 0 Å². The molecule has 6 heteroatoms. The molecule has 1 heterocycles. The lowest BCUT2D eigenvalue weighted by molar-refractivity contribution is -0.120. The summed E-state index contributed by atoms with van der Waals surface area (Å²) in [5.41, 5.74) is 3.26. The fourth-order valence-corrected chi connectivity index (χ4v) is 2.68. The highest BCUT2D eigenvalue weighted by molar-refractivity contribution is 5.79. The number of carbonyl (C=O) groups excluding carboxylic acids is 1. The standard InChI is InChI=1S/C19H26FN3O2/c1-12(2)18(24)9-10-21-19(25)11-17-13(3)22-23(14(17)4)16-7-5-15(20)6-8-16/h5-8,12,18,24H,9-11H2,1-4H3,(H,21,25). The molecule has 1 aromatic carbocycles. The number of benzene rings is 1. The van der Waals surface area contributed by atoms with Crippen LogP contribution in [0.1, 0.15) is 37.2 Å². The molecule has 1 amide bonds. The first-order valence-corrected chi connectivity index (χ1v) is 8.55. The van der Waals surface area contributed by atoms with Gasteiger partial charge in [0.15, 0.2) is 0 Å². The Balaban J connectivity index is 2.03. The minimum absolute atomic E-state index is 0.0965. The molecule has 136 valence electrons. The molecule has 0 fully saturated rings. The minimum Gasteiger partial charge on any atom is -0.393 e. The molecule has 0 aliphatic carbocycles. The molecule has 0 saturated carbocycles. The molecule has 0 spiro atoms. The van der Waals surface area contributed by atoms with E-state index in [1.165, 1.54) is 12.1 Å². The van der Waals surface area contributed by atoms with Crippen LogP contribution in [0.3, 0.4) is 0 Å². The van der Waals surface area contributed by atoms with Gasteiger partial charge in [0.2, 0.25) is 5.91 Å². The van der Waals surface area contributed by atoms with E-state index < -0.39 is 6.10 Å². The summed E-state index contributed by atoms with van der Waals surface area (Å²) in [7, 11) is 0. The summed E-state index contributed by atoms with van der Waals surface area (Å²) >= 11 is 0. The van der Waals surface area contributed by atoms with Crippen molar-refractivity contribution >= 4 is 5.91 Å². The number of hydrogen-bond donors (Lipinski definition) is 2. The van der Waals surface area contributed by atoms with E-state index in [1.54, 1.807) is 16.8 Å². The van der Waals surface area contributed by atoms with Crippen LogP contribution in [0.4, 0.5) is 4.39 Å². The molecule has 1 atom stereocenters. The molecule has 25 heavy (non-hydrogen) atoms.